The molecule has 0 N–H and O–H groups in total. The number of allylic oxidation sites excluding steroid dienone is 1. The lowest BCUT2D eigenvalue weighted by atomic mass is 9.87. The van der Waals surface area contributed by atoms with Crippen LogP contribution >= 0.6 is 0 Å². The maximum absolute atomic E-state index is 11.1. The Bertz CT molecular complexity index is 232. The van der Waals surface area contributed by atoms with E-state index in [1.807, 2.05) is 6.92 Å². The second-order valence-electron chi connectivity index (χ2n) is 3.63. The molecule has 0 aromatic carbocycles. The Morgan fingerprint density at radius 2 is 1.92 bits per heavy atom. The molecule has 0 aromatic heterocycles. The number of carbonyl (C=O) groups excluding carboxylic acids is 1. The van der Waals surface area contributed by atoms with E-state index in [4.69, 9.17) is 4.74 Å². The molecular weight excluding hydrogens is 152 g/mol. The van der Waals surface area contributed by atoms with Crippen molar-refractivity contribution in [2.45, 2.75) is 45.1 Å². The molecule has 1 saturated carbocycles. The Hall–Kier alpha value is -0.790. The normalized spacial score (nSPS) is 29.8. The van der Waals surface area contributed by atoms with Crippen LogP contribution in [0.2, 0.25) is 0 Å². The number of hydrogen-bond acceptors (Lipinski definition) is 2. The quantitative estimate of drug-likeness (QED) is 0.407. The summed E-state index contributed by atoms with van der Waals surface area (Å²) in [5.74, 6) is -0.0700. The van der Waals surface area contributed by atoms with Crippen molar-refractivity contribution in [3.8, 4) is 0 Å². The highest BCUT2D eigenvalue weighted by Gasteiger charge is 2.34. The molecule has 2 fully saturated rings. The third-order valence-electron chi connectivity index (χ3n) is 2.75. The largest absolute Gasteiger partial charge is 0.454 e. The van der Waals surface area contributed by atoms with Gasteiger partial charge < -0.3 is 4.74 Å². The van der Waals surface area contributed by atoms with Crippen LogP contribution in [0.15, 0.2) is 11.1 Å². The van der Waals surface area contributed by atoms with Gasteiger partial charge in [-0.2, -0.15) is 0 Å². The molecule has 0 aromatic rings. The molecule has 0 radical (unpaired) electrons. The van der Waals surface area contributed by atoms with E-state index in [1.165, 1.54) is 24.8 Å². The first kappa shape index (κ1) is 7.84. The second-order valence-corrected chi connectivity index (χ2v) is 3.63. The van der Waals surface area contributed by atoms with E-state index < -0.39 is 0 Å². The molecule has 1 aliphatic heterocycles. The lowest BCUT2D eigenvalue weighted by Gasteiger charge is -2.30. The fraction of sp³-hybridized carbons (Fsp3) is 0.700. The van der Waals surface area contributed by atoms with Gasteiger partial charge in [-0.3, -0.25) is 0 Å². The van der Waals surface area contributed by atoms with Crippen LogP contribution in [0.3, 0.4) is 0 Å². The molecule has 12 heavy (non-hydrogen) atoms. The van der Waals surface area contributed by atoms with Crippen LogP contribution in [-0.2, 0) is 9.53 Å². The summed E-state index contributed by atoms with van der Waals surface area (Å²) >= 11 is 0. The first-order valence-corrected chi connectivity index (χ1v) is 4.72. The molecule has 66 valence electrons. The van der Waals surface area contributed by atoms with Gasteiger partial charge in [0.25, 0.3) is 0 Å². The van der Waals surface area contributed by atoms with Crippen LogP contribution in [0.4, 0.5) is 0 Å². The molecule has 2 heteroatoms. The van der Waals surface area contributed by atoms with E-state index in [0.717, 1.165) is 18.4 Å². The van der Waals surface area contributed by atoms with E-state index in [0.29, 0.717) is 0 Å². The predicted octanol–water partition coefficient (Wildman–Crippen LogP) is 2.19. The Morgan fingerprint density at radius 3 is 2.42 bits per heavy atom. The van der Waals surface area contributed by atoms with Crippen molar-refractivity contribution < 1.29 is 9.53 Å². The van der Waals surface area contributed by atoms with Crippen molar-refractivity contribution in [1.29, 1.82) is 0 Å². The smallest absolute Gasteiger partial charge is 0.338 e. The zero-order valence-electron chi connectivity index (χ0n) is 7.43. The summed E-state index contributed by atoms with van der Waals surface area (Å²) in [6.45, 7) is 1.96. The van der Waals surface area contributed by atoms with Crippen molar-refractivity contribution in [1.82, 2.24) is 0 Å². The fourth-order valence-electron chi connectivity index (χ4n) is 2.07. The van der Waals surface area contributed by atoms with E-state index in [-0.39, 0.29) is 12.1 Å². The van der Waals surface area contributed by atoms with Gasteiger partial charge in [-0.15, -0.1) is 0 Å². The molecule has 2 aliphatic rings. The first-order valence-electron chi connectivity index (χ1n) is 4.72. The third kappa shape index (κ3) is 1.15. The molecule has 0 amide bonds. The predicted molar refractivity (Wildman–Crippen MR) is 45.7 cm³/mol. The van der Waals surface area contributed by atoms with Gasteiger partial charge in [-0.05, 0) is 32.6 Å². The number of rotatable bonds is 0. The Labute approximate surface area is 72.6 Å². The highest BCUT2D eigenvalue weighted by molar-refractivity contribution is 5.96. The number of hydrogen-bond donors (Lipinski definition) is 0. The van der Waals surface area contributed by atoms with Gasteiger partial charge >= 0.3 is 5.97 Å². The lowest BCUT2D eigenvalue weighted by Crippen LogP contribution is -2.35. The van der Waals surface area contributed by atoms with Gasteiger partial charge in [-0.25, -0.2) is 4.79 Å². The monoisotopic (exact) mass is 166 g/mol. The second kappa shape index (κ2) is 2.92. The van der Waals surface area contributed by atoms with Crippen LogP contribution in [0.5, 0.6) is 0 Å². The highest BCUT2D eigenvalue weighted by atomic mass is 16.6. The molecule has 1 atom stereocenters. The topological polar surface area (TPSA) is 26.3 Å². The summed E-state index contributed by atoms with van der Waals surface area (Å²) < 4.78 is 4.91. The van der Waals surface area contributed by atoms with Crippen LogP contribution in [-0.4, -0.2) is 12.1 Å². The van der Waals surface area contributed by atoms with Gasteiger partial charge in [0.15, 0.2) is 0 Å². The van der Waals surface area contributed by atoms with Crippen LogP contribution in [0.25, 0.3) is 0 Å². The minimum absolute atomic E-state index is 0.0700. The SMILES string of the molecule is CC1OC(=O)C1=C1CCCCC1. The van der Waals surface area contributed by atoms with Crippen LogP contribution in [0.1, 0.15) is 39.0 Å². The maximum Gasteiger partial charge on any atom is 0.338 e. The molecule has 2 rings (SSSR count). The molecule has 1 unspecified atom stereocenters. The van der Waals surface area contributed by atoms with E-state index in [1.54, 1.807) is 0 Å². The standard InChI is InChI=1S/C10H14O2/c1-7-9(10(11)12-7)8-5-3-2-4-6-8/h7H,2-6H2,1H3. The van der Waals surface area contributed by atoms with Crippen LogP contribution in [0, 0.1) is 0 Å². The van der Waals surface area contributed by atoms with Crippen molar-refractivity contribution >= 4 is 5.97 Å². The summed E-state index contributed by atoms with van der Waals surface area (Å²) in [6.07, 6.45) is 6.13. The maximum atomic E-state index is 11.1. The zero-order valence-corrected chi connectivity index (χ0v) is 7.43. The highest BCUT2D eigenvalue weighted by Crippen LogP contribution is 2.32. The van der Waals surface area contributed by atoms with E-state index >= 15 is 0 Å². The fourth-order valence-corrected chi connectivity index (χ4v) is 2.07. The summed E-state index contributed by atoms with van der Waals surface area (Å²) in [5, 5.41) is 0. The summed E-state index contributed by atoms with van der Waals surface area (Å²) in [4.78, 5) is 11.1. The first-order chi connectivity index (χ1) is 5.79. The molecular formula is C10H14O2. The molecule has 1 aliphatic carbocycles. The Kier molecular flexibility index (Phi) is 1.91. The van der Waals surface area contributed by atoms with Gasteiger partial charge in [-0.1, -0.05) is 12.0 Å². The molecule has 1 saturated heterocycles. The number of cyclic esters (lactones) is 1. The molecule has 0 bridgehead atoms. The van der Waals surface area contributed by atoms with E-state index in [9.17, 15) is 4.79 Å². The van der Waals surface area contributed by atoms with Crippen LogP contribution < -0.4 is 0 Å². The number of ether oxygens (including phenoxy) is 1. The molecule has 1 heterocycles. The molecule has 2 nitrogen and oxygen atoms in total. The van der Waals surface area contributed by atoms with Crippen molar-refractivity contribution in [3.63, 3.8) is 0 Å². The zero-order chi connectivity index (χ0) is 8.55. The summed E-state index contributed by atoms with van der Waals surface area (Å²) in [5.41, 5.74) is 2.35. The van der Waals surface area contributed by atoms with Crippen molar-refractivity contribution in [3.05, 3.63) is 11.1 Å². The van der Waals surface area contributed by atoms with Gasteiger partial charge in [0.05, 0.1) is 5.57 Å². The average molecular weight is 166 g/mol. The number of carbonyl (C=O) groups is 1. The average Bonchev–Trinajstić information content (AvgIpc) is 2.05. The molecule has 0 spiro atoms. The summed E-state index contributed by atoms with van der Waals surface area (Å²) in [7, 11) is 0. The van der Waals surface area contributed by atoms with Crippen molar-refractivity contribution in [2.75, 3.05) is 0 Å². The van der Waals surface area contributed by atoms with Gasteiger partial charge in [0, 0.05) is 0 Å². The summed E-state index contributed by atoms with van der Waals surface area (Å²) in [6, 6.07) is 0. The van der Waals surface area contributed by atoms with E-state index in [2.05, 4.69) is 0 Å². The Morgan fingerprint density at radius 1 is 1.25 bits per heavy atom. The van der Waals surface area contributed by atoms with Gasteiger partial charge in [0.1, 0.15) is 6.10 Å². The number of esters is 1. The Balaban J connectivity index is 2.16. The minimum atomic E-state index is -0.0700. The lowest BCUT2D eigenvalue weighted by molar-refractivity contribution is -0.154. The van der Waals surface area contributed by atoms with Gasteiger partial charge in [0.2, 0.25) is 0 Å². The van der Waals surface area contributed by atoms with Crippen molar-refractivity contribution in [2.24, 2.45) is 0 Å². The minimum Gasteiger partial charge on any atom is -0.454 e. The third-order valence-corrected chi connectivity index (χ3v) is 2.75.